The number of hydrogen-bond donors (Lipinski definition) is 3. The molecule has 2 heterocycles. The van der Waals surface area contributed by atoms with Crippen LogP contribution >= 0.6 is 22.9 Å². The van der Waals surface area contributed by atoms with Gasteiger partial charge in [0, 0.05) is 12.4 Å². The summed E-state index contributed by atoms with van der Waals surface area (Å²) in [5, 5.41) is 4.36. The van der Waals surface area contributed by atoms with Crippen LogP contribution in [0.3, 0.4) is 0 Å². The fourth-order valence-electron chi connectivity index (χ4n) is 3.70. The number of pyridine rings is 1. The van der Waals surface area contributed by atoms with Gasteiger partial charge < -0.3 is 5.73 Å². The molecule has 0 unspecified atom stereocenters. The molecule has 0 saturated carbocycles. The Labute approximate surface area is 201 Å². The summed E-state index contributed by atoms with van der Waals surface area (Å²) < 4.78 is 1.16. The van der Waals surface area contributed by atoms with Crippen LogP contribution in [0, 0.1) is 0 Å². The summed E-state index contributed by atoms with van der Waals surface area (Å²) in [6.07, 6.45) is 7.83. The van der Waals surface area contributed by atoms with Crippen LogP contribution in [-0.4, -0.2) is 15.8 Å². The number of allylic oxidation sites excluding steroid dienone is 1. The second-order valence-corrected chi connectivity index (χ2v) is 8.51. The molecule has 2 aromatic heterocycles. The highest BCUT2D eigenvalue weighted by Gasteiger charge is 2.16. The number of amidine groups is 1. The van der Waals surface area contributed by atoms with Gasteiger partial charge in [0.1, 0.15) is 5.84 Å². The Morgan fingerprint density at radius 3 is 2.67 bits per heavy atom. The van der Waals surface area contributed by atoms with Gasteiger partial charge in [0.15, 0.2) is 0 Å². The number of hydrogen-bond acceptors (Lipinski definition) is 6. The summed E-state index contributed by atoms with van der Waals surface area (Å²) >= 11 is 8.20. The van der Waals surface area contributed by atoms with Crippen LogP contribution in [0.15, 0.2) is 77.6 Å². The van der Waals surface area contributed by atoms with Crippen molar-refractivity contribution in [3.8, 4) is 0 Å². The minimum absolute atomic E-state index is 0.291. The summed E-state index contributed by atoms with van der Waals surface area (Å²) in [5.74, 6) is 5.45. The van der Waals surface area contributed by atoms with Gasteiger partial charge >= 0.3 is 0 Å². The molecular weight excluding hydrogens is 452 g/mol. The van der Waals surface area contributed by atoms with E-state index in [0.29, 0.717) is 10.9 Å². The van der Waals surface area contributed by atoms with Gasteiger partial charge in [-0.05, 0) is 64.1 Å². The van der Waals surface area contributed by atoms with Gasteiger partial charge in [0.2, 0.25) is 0 Å². The minimum Gasteiger partial charge on any atom is -0.382 e. The molecule has 0 atom stereocenters. The molecule has 0 aliphatic carbocycles. The summed E-state index contributed by atoms with van der Waals surface area (Å²) in [7, 11) is 0. The Morgan fingerprint density at radius 1 is 1.15 bits per heavy atom. The highest BCUT2D eigenvalue weighted by Crippen LogP contribution is 2.38. The Morgan fingerprint density at radius 2 is 1.94 bits per heavy atom. The molecule has 0 saturated heterocycles. The number of nitrogens with one attached hydrogen (secondary N) is 1. The molecule has 8 heteroatoms. The number of thiazole rings is 1. The van der Waals surface area contributed by atoms with Crippen molar-refractivity contribution in [3.05, 3.63) is 99.8 Å². The number of nitrogens with two attached hydrogens (primary N) is 2. The van der Waals surface area contributed by atoms with Crippen molar-refractivity contribution in [2.45, 2.75) is 13.3 Å². The third-order valence-corrected chi connectivity index (χ3v) is 6.32. The number of fused-ring (bicyclic) bond motifs is 1. The van der Waals surface area contributed by atoms with E-state index in [-0.39, 0.29) is 0 Å². The topological polar surface area (TPSA) is 102 Å². The SMILES string of the molecule is CC/C(=C(/c1ccc(/C=C/C(N)=N/NN)cc1)c1ccc2scnc2c1)c1ccncc1Cl. The third-order valence-electron chi connectivity index (χ3n) is 5.21. The fraction of sp³-hybridized carbons (Fsp3) is 0.0800. The van der Waals surface area contributed by atoms with E-state index in [1.807, 2.05) is 29.8 Å². The molecule has 2 aromatic carbocycles. The molecular formula is C25H23ClN6S. The van der Waals surface area contributed by atoms with E-state index in [1.165, 1.54) is 0 Å². The largest absolute Gasteiger partial charge is 0.382 e. The van der Waals surface area contributed by atoms with E-state index < -0.39 is 0 Å². The molecule has 6 nitrogen and oxygen atoms in total. The Bertz CT molecular complexity index is 1350. The van der Waals surface area contributed by atoms with Gasteiger partial charge in [-0.25, -0.2) is 16.4 Å². The maximum absolute atomic E-state index is 6.56. The molecule has 0 radical (unpaired) electrons. The van der Waals surface area contributed by atoms with Crippen LogP contribution in [0.4, 0.5) is 0 Å². The van der Waals surface area contributed by atoms with Crippen LogP contribution in [-0.2, 0) is 0 Å². The van der Waals surface area contributed by atoms with Crippen LogP contribution in [0.5, 0.6) is 0 Å². The average molecular weight is 475 g/mol. The smallest absolute Gasteiger partial charge is 0.144 e. The number of rotatable bonds is 7. The number of benzene rings is 2. The second-order valence-electron chi connectivity index (χ2n) is 7.22. The first-order valence-electron chi connectivity index (χ1n) is 10.3. The highest BCUT2D eigenvalue weighted by molar-refractivity contribution is 7.16. The van der Waals surface area contributed by atoms with E-state index in [4.69, 9.17) is 23.2 Å². The van der Waals surface area contributed by atoms with Crippen molar-refractivity contribution >= 4 is 56.2 Å². The monoisotopic (exact) mass is 474 g/mol. The van der Waals surface area contributed by atoms with Gasteiger partial charge in [0.25, 0.3) is 0 Å². The summed E-state index contributed by atoms with van der Waals surface area (Å²) in [5.41, 5.74) is 17.2. The van der Waals surface area contributed by atoms with Gasteiger partial charge in [0.05, 0.1) is 20.7 Å². The van der Waals surface area contributed by atoms with Crippen molar-refractivity contribution in [2.75, 3.05) is 0 Å². The molecule has 166 valence electrons. The van der Waals surface area contributed by atoms with Crippen LogP contribution in [0.25, 0.3) is 27.4 Å². The zero-order chi connectivity index (χ0) is 23.2. The molecule has 0 spiro atoms. The molecule has 0 aliphatic heterocycles. The maximum Gasteiger partial charge on any atom is 0.144 e. The lowest BCUT2D eigenvalue weighted by atomic mass is 9.88. The summed E-state index contributed by atoms with van der Waals surface area (Å²) in [6.45, 7) is 2.14. The van der Waals surface area contributed by atoms with Crippen molar-refractivity contribution in [3.63, 3.8) is 0 Å². The fourth-order valence-corrected chi connectivity index (χ4v) is 4.60. The van der Waals surface area contributed by atoms with Gasteiger partial charge in [-0.2, -0.15) is 0 Å². The number of halogens is 1. The zero-order valence-electron chi connectivity index (χ0n) is 18.0. The van der Waals surface area contributed by atoms with Gasteiger partial charge in [-0.1, -0.05) is 54.9 Å². The standard InChI is InChI=1S/C25H23ClN6S/c1-2-19(20-11-12-29-14-21(20)26)25(18-8-9-23-22(13-18)30-15-33-23)17-6-3-16(4-7-17)5-10-24(27)31-32-28/h3-15,32H,2,28H2,1H3,(H2,27,31)/b10-5+,25-19+. The Kier molecular flexibility index (Phi) is 7.14. The first-order chi connectivity index (χ1) is 16.1. The van der Waals surface area contributed by atoms with Crippen LogP contribution < -0.4 is 17.1 Å². The van der Waals surface area contributed by atoms with Crippen molar-refractivity contribution in [2.24, 2.45) is 16.7 Å². The lowest BCUT2D eigenvalue weighted by molar-refractivity contribution is 0.805. The lowest BCUT2D eigenvalue weighted by Crippen LogP contribution is -2.20. The maximum atomic E-state index is 6.56. The Balaban J connectivity index is 1.86. The van der Waals surface area contributed by atoms with Crippen LogP contribution in [0.2, 0.25) is 5.02 Å². The number of nitrogens with zero attached hydrogens (tertiary/aromatic N) is 3. The molecule has 0 amide bonds. The second kappa shape index (κ2) is 10.4. The first kappa shape index (κ1) is 22.7. The van der Waals surface area contributed by atoms with Gasteiger partial charge in [-0.3, -0.25) is 4.98 Å². The zero-order valence-corrected chi connectivity index (χ0v) is 19.6. The molecule has 4 aromatic rings. The molecule has 33 heavy (non-hydrogen) atoms. The van der Waals surface area contributed by atoms with Crippen molar-refractivity contribution in [1.29, 1.82) is 0 Å². The van der Waals surface area contributed by atoms with E-state index in [1.54, 1.807) is 29.8 Å². The molecule has 0 aliphatic rings. The average Bonchev–Trinajstić information content (AvgIpc) is 3.30. The summed E-state index contributed by atoms with van der Waals surface area (Å²) in [4.78, 5) is 8.67. The molecule has 5 N–H and O–H groups in total. The number of aromatic nitrogens is 2. The minimum atomic E-state index is 0.291. The number of hydrazine groups is 1. The highest BCUT2D eigenvalue weighted by atomic mass is 35.5. The predicted molar refractivity (Wildman–Crippen MR) is 139 cm³/mol. The van der Waals surface area contributed by atoms with E-state index >= 15 is 0 Å². The Hall–Kier alpha value is -3.52. The normalized spacial score (nSPS) is 12.9. The number of hydrazone groups is 1. The summed E-state index contributed by atoms with van der Waals surface area (Å²) in [6, 6.07) is 16.6. The third kappa shape index (κ3) is 5.12. The predicted octanol–water partition coefficient (Wildman–Crippen LogP) is 5.46. The molecule has 0 fully saturated rings. The van der Waals surface area contributed by atoms with Crippen LogP contribution in [0.1, 0.15) is 35.6 Å². The first-order valence-corrected chi connectivity index (χ1v) is 11.6. The molecule has 0 bridgehead atoms. The van der Waals surface area contributed by atoms with E-state index in [2.05, 4.69) is 57.9 Å². The van der Waals surface area contributed by atoms with Crippen molar-refractivity contribution in [1.82, 2.24) is 15.5 Å². The van der Waals surface area contributed by atoms with Gasteiger partial charge in [-0.15, -0.1) is 16.4 Å². The lowest BCUT2D eigenvalue weighted by Gasteiger charge is -2.17. The van der Waals surface area contributed by atoms with E-state index in [0.717, 1.165) is 50.0 Å². The quantitative estimate of drug-likeness (QED) is 0.143. The molecule has 4 rings (SSSR count). The van der Waals surface area contributed by atoms with Crippen molar-refractivity contribution < 1.29 is 0 Å². The van der Waals surface area contributed by atoms with E-state index in [9.17, 15) is 0 Å².